The first-order valence-electron chi connectivity index (χ1n) is 8.41. The summed E-state index contributed by atoms with van der Waals surface area (Å²) in [5, 5.41) is 12.7. The molecular weight excluding hydrogens is 268 g/mol. The molecule has 2 amide bonds. The zero-order chi connectivity index (χ0) is 15.3. The predicted octanol–water partition coefficient (Wildman–Crippen LogP) is 3.14. The second-order valence-electron chi connectivity index (χ2n) is 6.48. The number of hydrogen-bond donors (Lipinski definition) is 2. The molecule has 1 saturated heterocycles. The molecule has 5 nitrogen and oxygen atoms in total. The topological polar surface area (TPSA) is 69.6 Å². The monoisotopic (exact) mass is 296 g/mol. The normalized spacial score (nSPS) is 27.4. The summed E-state index contributed by atoms with van der Waals surface area (Å²) in [5.74, 6) is -0.849. The highest BCUT2D eigenvalue weighted by Gasteiger charge is 2.49. The molecule has 120 valence electrons. The molecule has 0 aromatic rings. The minimum Gasteiger partial charge on any atom is -0.479 e. The van der Waals surface area contributed by atoms with Crippen LogP contribution in [0.15, 0.2) is 0 Å². The molecule has 1 aliphatic heterocycles. The lowest BCUT2D eigenvalue weighted by molar-refractivity contribution is -0.148. The Labute approximate surface area is 127 Å². The lowest BCUT2D eigenvalue weighted by Crippen LogP contribution is -2.57. The number of carboxylic acid groups (broad SMARTS) is 1. The Morgan fingerprint density at radius 1 is 1.19 bits per heavy atom. The molecule has 1 aliphatic carbocycles. The molecule has 2 fully saturated rings. The lowest BCUT2D eigenvalue weighted by Gasteiger charge is -2.35. The van der Waals surface area contributed by atoms with Gasteiger partial charge in [0.15, 0.2) is 0 Å². The Morgan fingerprint density at radius 3 is 2.43 bits per heavy atom. The van der Waals surface area contributed by atoms with Gasteiger partial charge in [0.2, 0.25) is 0 Å². The van der Waals surface area contributed by atoms with Gasteiger partial charge in [-0.05, 0) is 32.1 Å². The van der Waals surface area contributed by atoms with Crippen LogP contribution in [0.1, 0.15) is 71.1 Å². The van der Waals surface area contributed by atoms with Crippen LogP contribution in [-0.2, 0) is 4.79 Å². The third-order valence-electron chi connectivity index (χ3n) is 4.98. The average molecular weight is 296 g/mol. The number of nitrogens with one attached hydrogen (secondary N) is 1. The zero-order valence-electron chi connectivity index (χ0n) is 13.1. The summed E-state index contributed by atoms with van der Waals surface area (Å²) >= 11 is 0. The van der Waals surface area contributed by atoms with Crippen molar-refractivity contribution in [2.75, 3.05) is 6.54 Å². The number of nitrogens with zero attached hydrogens (tertiary/aromatic N) is 1. The Morgan fingerprint density at radius 2 is 1.86 bits per heavy atom. The van der Waals surface area contributed by atoms with Gasteiger partial charge in [-0.1, -0.05) is 39.0 Å². The van der Waals surface area contributed by atoms with E-state index in [2.05, 4.69) is 5.32 Å². The molecule has 0 radical (unpaired) electrons. The number of rotatable bonds is 4. The van der Waals surface area contributed by atoms with Gasteiger partial charge in [0.05, 0.1) is 0 Å². The average Bonchev–Trinajstić information content (AvgIpc) is 2.71. The summed E-state index contributed by atoms with van der Waals surface area (Å²) in [7, 11) is 0. The summed E-state index contributed by atoms with van der Waals surface area (Å²) in [6.45, 7) is 2.54. The van der Waals surface area contributed by atoms with Crippen molar-refractivity contribution >= 4 is 12.0 Å². The molecule has 2 rings (SSSR count). The van der Waals surface area contributed by atoms with E-state index in [4.69, 9.17) is 0 Å². The highest BCUT2D eigenvalue weighted by Crippen LogP contribution is 2.34. The first-order valence-corrected chi connectivity index (χ1v) is 8.41. The van der Waals surface area contributed by atoms with Crippen molar-refractivity contribution in [1.82, 2.24) is 10.2 Å². The highest BCUT2D eigenvalue weighted by molar-refractivity contribution is 5.87. The van der Waals surface area contributed by atoms with Crippen LogP contribution in [0.4, 0.5) is 4.79 Å². The smallest absolute Gasteiger partial charge is 0.329 e. The molecule has 0 bridgehead atoms. The molecule has 21 heavy (non-hydrogen) atoms. The van der Waals surface area contributed by atoms with E-state index in [0.29, 0.717) is 19.4 Å². The Kier molecular flexibility index (Phi) is 5.48. The van der Waals surface area contributed by atoms with Gasteiger partial charge in [0.1, 0.15) is 5.54 Å². The van der Waals surface area contributed by atoms with Crippen LogP contribution >= 0.6 is 0 Å². The Balaban J connectivity index is 2.03. The third-order valence-corrected chi connectivity index (χ3v) is 4.98. The Hall–Kier alpha value is -1.26. The first-order chi connectivity index (χ1) is 10.1. The van der Waals surface area contributed by atoms with Crippen molar-refractivity contribution in [2.24, 2.45) is 0 Å². The maximum Gasteiger partial charge on any atom is 0.329 e. The van der Waals surface area contributed by atoms with Crippen molar-refractivity contribution in [3.05, 3.63) is 0 Å². The van der Waals surface area contributed by atoms with Crippen molar-refractivity contribution in [1.29, 1.82) is 0 Å². The predicted molar refractivity (Wildman–Crippen MR) is 81.2 cm³/mol. The lowest BCUT2D eigenvalue weighted by atomic mass is 9.91. The van der Waals surface area contributed by atoms with E-state index >= 15 is 0 Å². The van der Waals surface area contributed by atoms with Gasteiger partial charge in [-0.15, -0.1) is 0 Å². The van der Waals surface area contributed by atoms with E-state index < -0.39 is 11.5 Å². The van der Waals surface area contributed by atoms with Gasteiger partial charge < -0.3 is 15.3 Å². The molecule has 1 atom stereocenters. The van der Waals surface area contributed by atoms with Gasteiger partial charge in [-0.3, -0.25) is 0 Å². The molecular formula is C16H28N2O3. The zero-order valence-corrected chi connectivity index (χ0v) is 13.1. The number of aliphatic carboxylic acids is 1. The fourth-order valence-corrected chi connectivity index (χ4v) is 3.85. The maximum atomic E-state index is 12.6. The van der Waals surface area contributed by atoms with Gasteiger partial charge in [0, 0.05) is 12.6 Å². The highest BCUT2D eigenvalue weighted by atomic mass is 16.4. The number of urea groups is 1. The van der Waals surface area contributed by atoms with E-state index in [0.717, 1.165) is 38.5 Å². The van der Waals surface area contributed by atoms with Gasteiger partial charge >= 0.3 is 12.0 Å². The number of amides is 2. The van der Waals surface area contributed by atoms with Crippen LogP contribution in [0.3, 0.4) is 0 Å². The third kappa shape index (κ3) is 3.50. The number of hydrogen-bond acceptors (Lipinski definition) is 2. The van der Waals surface area contributed by atoms with E-state index in [9.17, 15) is 14.7 Å². The van der Waals surface area contributed by atoms with Gasteiger partial charge in [-0.2, -0.15) is 0 Å². The van der Waals surface area contributed by atoms with E-state index in [1.54, 1.807) is 4.90 Å². The van der Waals surface area contributed by atoms with Crippen LogP contribution in [0, 0.1) is 0 Å². The van der Waals surface area contributed by atoms with Crippen LogP contribution in [0.2, 0.25) is 0 Å². The molecule has 0 spiro atoms. The molecule has 1 saturated carbocycles. The first kappa shape index (κ1) is 16.1. The number of carboxylic acids is 1. The second kappa shape index (κ2) is 7.14. The maximum absolute atomic E-state index is 12.6. The molecule has 0 aromatic heterocycles. The largest absolute Gasteiger partial charge is 0.479 e. The summed E-state index contributed by atoms with van der Waals surface area (Å²) in [6.07, 6.45) is 9.52. The molecule has 2 aliphatic rings. The molecule has 1 unspecified atom stereocenters. The fourth-order valence-electron chi connectivity index (χ4n) is 3.85. The van der Waals surface area contributed by atoms with E-state index in [1.807, 2.05) is 6.92 Å². The quantitative estimate of drug-likeness (QED) is 0.783. The molecule has 1 heterocycles. The van der Waals surface area contributed by atoms with Gasteiger partial charge in [-0.25, -0.2) is 9.59 Å². The minimum atomic E-state index is -0.983. The van der Waals surface area contributed by atoms with Gasteiger partial charge in [0.25, 0.3) is 0 Å². The van der Waals surface area contributed by atoms with Crippen molar-refractivity contribution in [3.63, 3.8) is 0 Å². The van der Waals surface area contributed by atoms with Crippen molar-refractivity contribution < 1.29 is 14.7 Å². The second-order valence-corrected chi connectivity index (χ2v) is 6.48. The number of likely N-dealkylation sites (tertiary alicyclic amines) is 1. The molecule has 2 N–H and O–H groups in total. The number of carbonyl (C=O) groups excluding carboxylic acids is 1. The SMILES string of the molecule is CCCC1(C(=O)O)CCCN1C(=O)NC1CCCCCC1. The summed E-state index contributed by atoms with van der Waals surface area (Å²) in [4.78, 5) is 25.9. The summed E-state index contributed by atoms with van der Waals surface area (Å²) < 4.78 is 0. The Bertz CT molecular complexity index is 378. The standard InChI is InChI=1S/C16H28N2O3/c1-2-10-16(14(19)20)11-7-12-18(16)15(21)17-13-8-5-3-4-6-9-13/h13H,2-12H2,1H3,(H,17,21)(H,19,20). The fraction of sp³-hybridized carbons (Fsp3) is 0.875. The summed E-state index contributed by atoms with van der Waals surface area (Å²) in [6, 6.07) is 0.0453. The van der Waals surface area contributed by atoms with Crippen LogP contribution in [0.25, 0.3) is 0 Å². The molecule has 0 aromatic carbocycles. The van der Waals surface area contributed by atoms with E-state index in [-0.39, 0.29) is 12.1 Å². The van der Waals surface area contributed by atoms with Crippen molar-refractivity contribution in [3.8, 4) is 0 Å². The van der Waals surface area contributed by atoms with Crippen LogP contribution in [-0.4, -0.2) is 40.1 Å². The number of carbonyl (C=O) groups is 2. The molecule has 5 heteroatoms. The summed E-state index contributed by atoms with van der Waals surface area (Å²) in [5.41, 5.74) is -0.983. The van der Waals surface area contributed by atoms with E-state index in [1.165, 1.54) is 12.8 Å². The van der Waals surface area contributed by atoms with Crippen LogP contribution in [0.5, 0.6) is 0 Å². The van der Waals surface area contributed by atoms with Crippen LogP contribution < -0.4 is 5.32 Å². The van der Waals surface area contributed by atoms with Crippen molar-refractivity contribution in [2.45, 2.75) is 82.7 Å². The minimum absolute atomic E-state index is 0.171.